The van der Waals surface area contributed by atoms with Gasteiger partial charge in [0.15, 0.2) is 0 Å². The first-order valence-corrected chi connectivity index (χ1v) is 4.66. The van der Waals surface area contributed by atoms with Gasteiger partial charge in [0, 0.05) is 5.56 Å². The lowest BCUT2D eigenvalue weighted by atomic mass is 10.00. The van der Waals surface area contributed by atoms with Crippen molar-refractivity contribution >= 4 is 0 Å². The number of halogens is 2. The summed E-state index contributed by atoms with van der Waals surface area (Å²) >= 11 is 0. The summed E-state index contributed by atoms with van der Waals surface area (Å²) in [7, 11) is 1.46. The van der Waals surface area contributed by atoms with Crippen molar-refractivity contribution < 1.29 is 13.5 Å². The summed E-state index contributed by atoms with van der Waals surface area (Å²) in [5.41, 5.74) is 7.61. The van der Waals surface area contributed by atoms with Crippen molar-refractivity contribution in [2.75, 3.05) is 7.11 Å². The zero-order valence-corrected chi connectivity index (χ0v) is 9.05. The third kappa shape index (κ3) is 2.26. The number of benzene rings is 1. The maximum atomic E-state index is 12.5. The highest BCUT2D eigenvalue weighted by Gasteiger charge is 2.22. The standard InChI is InChI=1S/C11H15F2NO/c1-6-4-5-8(9(14)11(12)13)10(15-3)7(6)2/h4-5,9,11H,14H2,1-3H3. The van der Waals surface area contributed by atoms with Crippen LogP contribution < -0.4 is 10.5 Å². The average molecular weight is 215 g/mol. The van der Waals surface area contributed by atoms with Crippen LogP contribution >= 0.6 is 0 Å². The molecule has 0 spiro atoms. The van der Waals surface area contributed by atoms with Crippen molar-refractivity contribution in [2.45, 2.75) is 26.3 Å². The third-order valence-electron chi connectivity index (χ3n) is 2.54. The van der Waals surface area contributed by atoms with Crippen LogP contribution in [-0.4, -0.2) is 13.5 Å². The van der Waals surface area contributed by atoms with Gasteiger partial charge in [-0.2, -0.15) is 0 Å². The van der Waals surface area contributed by atoms with Gasteiger partial charge in [0.1, 0.15) is 5.75 Å². The molecule has 0 saturated heterocycles. The number of hydrogen-bond donors (Lipinski definition) is 1. The Balaban J connectivity index is 3.24. The normalized spacial score (nSPS) is 13.0. The second-order valence-electron chi connectivity index (χ2n) is 3.49. The topological polar surface area (TPSA) is 35.2 Å². The van der Waals surface area contributed by atoms with Gasteiger partial charge in [-0.1, -0.05) is 12.1 Å². The van der Waals surface area contributed by atoms with Crippen molar-refractivity contribution in [1.82, 2.24) is 0 Å². The Morgan fingerprint density at radius 3 is 2.33 bits per heavy atom. The molecular formula is C11H15F2NO. The highest BCUT2D eigenvalue weighted by Crippen LogP contribution is 2.32. The molecule has 1 unspecified atom stereocenters. The molecular weight excluding hydrogens is 200 g/mol. The van der Waals surface area contributed by atoms with Crippen LogP contribution in [0.2, 0.25) is 0 Å². The van der Waals surface area contributed by atoms with Crippen molar-refractivity contribution in [3.05, 3.63) is 28.8 Å². The number of alkyl halides is 2. The molecule has 0 aliphatic rings. The summed E-state index contributed by atoms with van der Waals surface area (Å²) in [4.78, 5) is 0. The largest absolute Gasteiger partial charge is 0.496 e. The summed E-state index contributed by atoms with van der Waals surface area (Å²) in [5, 5.41) is 0. The van der Waals surface area contributed by atoms with E-state index in [1.807, 2.05) is 13.8 Å². The Morgan fingerprint density at radius 1 is 1.27 bits per heavy atom. The second-order valence-corrected chi connectivity index (χ2v) is 3.49. The van der Waals surface area contributed by atoms with Gasteiger partial charge in [-0.25, -0.2) is 8.78 Å². The second kappa shape index (κ2) is 4.57. The molecule has 0 aliphatic carbocycles. The van der Waals surface area contributed by atoms with Crippen LogP contribution in [0.4, 0.5) is 8.78 Å². The zero-order valence-electron chi connectivity index (χ0n) is 9.05. The molecule has 0 aromatic heterocycles. The fraction of sp³-hybridized carbons (Fsp3) is 0.455. The van der Waals surface area contributed by atoms with Gasteiger partial charge in [0.2, 0.25) is 0 Å². The van der Waals surface area contributed by atoms with E-state index in [0.717, 1.165) is 11.1 Å². The molecule has 1 atom stereocenters. The summed E-state index contributed by atoms with van der Waals surface area (Å²) in [6, 6.07) is 2.08. The van der Waals surface area contributed by atoms with Crippen molar-refractivity contribution in [3.63, 3.8) is 0 Å². The third-order valence-corrected chi connectivity index (χ3v) is 2.54. The molecule has 1 aromatic carbocycles. The van der Waals surface area contributed by atoms with Gasteiger partial charge >= 0.3 is 0 Å². The van der Waals surface area contributed by atoms with E-state index < -0.39 is 12.5 Å². The van der Waals surface area contributed by atoms with E-state index in [0.29, 0.717) is 11.3 Å². The SMILES string of the molecule is COc1c(C(N)C(F)F)ccc(C)c1C. The van der Waals surface area contributed by atoms with Gasteiger partial charge in [-0.15, -0.1) is 0 Å². The van der Waals surface area contributed by atoms with Gasteiger partial charge in [0.25, 0.3) is 6.43 Å². The molecule has 0 bridgehead atoms. The minimum absolute atomic E-state index is 0.357. The van der Waals surface area contributed by atoms with Crippen molar-refractivity contribution in [2.24, 2.45) is 5.73 Å². The van der Waals surface area contributed by atoms with Crippen LogP contribution in [0.1, 0.15) is 22.7 Å². The molecule has 0 amide bonds. The molecule has 4 heteroatoms. The highest BCUT2D eigenvalue weighted by atomic mass is 19.3. The molecule has 0 radical (unpaired) electrons. The predicted molar refractivity (Wildman–Crippen MR) is 55.4 cm³/mol. The summed E-state index contributed by atoms with van der Waals surface area (Å²) in [5.74, 6) is 0.461. The predicted octanol–water partition coefficient (Wildman–Crippen LogP) is 2.58. The van der Waals surface area contributed by atoms with Crippen molar-refractivity contribution in [3.8, 4) is 5.75 Å². The molecule has 2 N–H and O–H groups in total. The Bertz CT molecular complexity index is 353. The lowest BCUT2D eigenvalue weighted by Crippen LogP contribution is -2.20. The summed E-state index contributed by atoms with van der Waals surface area (Å²) < 4.78 is 30.1. The van der Waals surface area contributed by atoms with Gasteiger partial charge < -0.3 is 10.5 Å². The number of nitrogens with two attached hydrogens (primary N) is 1. The quantitative estimate of drug-likeness (QED) is 0.841. The van der Waals surface area contributed by atoms with Crippen LogP contribution in [0.5, 0.6) is 5.75 Å². The van der Waals surface area contributed by atoms with E-state index in [-0.39, 0.29) is 0 Å². The number of methoxy groups -OCH3 is 1. The van der Waals surface area contributed by atoms with Crippen molar-refractivity contribution in [1.29, 1.82) is 0 Å². The maximum absolute atomic E-state index is 12.5. The Hall–Kier alpha value is -1.16. The van der Waals surface area contributed by atoms with E-state index in [1.54, 1.807) is 12.1 Å². The van der Waals surface area contributed by atoms with E-state index in [9.17, 15) is 8.78 Å². The summed E-state index contributed by atoms with van der Waals surface area (Å²) in [6.45, 7) is 3.73. The zero-order chi connectivity index (χ0) is 11.6. The van der Waals surface area contributed by atoms with E-state index in [2.05, 4.69) is 0 Å². The minimum atomic E-state index is -2.58. The van der Waals surface area contributed by atoms with Crippen LogP contribution in [0.25, 0.3) is 0 Å². The van der Waals surface area contributed by atoms with Crippen LogP contribution in [0.3, 0.4) is 0 Å². The van der Waals surface area contributed by atoms with E-state index in [1.165, 1.54) is 7.11 Å². The number of aryl methyl sites for hydroxylation is 1. The van der Waals surface area contributed by atoms with Crippen LogP contribution in [0.15, 0.2) is 12.1 Å². The molecule has 84 valence electrons. The fourth-order valence-electron chi connectivity index (χ4n) is 1.48. The average Bonchev–Trinajstić information content (AvgIpc) is 2.20. The molecule has 0 fully saturated rings. The lowest BCUT2D eigenvalue weighted by molar-refractivity contribution is 0.115. The van der Waals surface area contributed by atoms with E-state index >= 15 is 0 Å². The highest BCUT2D eigenvalue weighted by molar-refractivity contribution is 5.46. The molecule has 15 heavy (non-hydrogen) atoms. The molecule has 0 aliphatic heterocycles. The number of ether oxygens (including phenoxy) is 1. The van der Waals surface area contributed by atoms with Crippen LogP contribution in [-0.2, 0) is 0 Å². The van der Waals surface area contributed by atoms with Gasteiger partial charge in [-0.3, -0.25) is 0 Å². The Labute approximate surface area is 88.0 Å². The molecule has 1 aromatic rings. The van der Waals surface area contributed by atoms with Crippen LogP contribution in [0, 0.1) is 13.8 Å². The first-order chi connectivity index (χ1) is 6.99. The monoisotopic (exact) mass is 215 g/mol. The van der Waals surface area contributed by atoms with Gasteiger partial charge in [-0.05, 0) is 25.0 Å². The molecule has 0 saturated carbocycles. The lowest BCUT2D eigenvalue weighted by Gasteiger charge is -2.17. The van der Waals surface area contributed by atoms with E-state index in [4.69, 9.17) is 10.5 Å². The number of hydrogen-bond acceptors (Lipinski definition) is 2. The molecule has 2 nitrogen and oxygen atoms in total. The van der Waals surface area contributed by atoms with Gasteiger partial charge in [0.05, 0.1) is 13.2 Å². The first kappa shape index (κ1) is 11.9. The Morgan fingerprint density at radius 2 is 1.87 bits per heavy atom. The minimum Gasteiger partial charge on any atom is -0.496 e. The molecule has 0 heterocycles. The summed E-state index contributed by atoms with van der Waals surface area (Å²) in [6.07, 6.45) is -2.58. The first-order valence-electron chi connectivity index (χ1n) is 4.66. The Kier molecular flexibility index (Phi) is 3.63. The maximum Gasteiger partial charge on any atom is 0.257 e. The fourth-order valence-corrected chi connectivity index (χ4v) is 1.48. The number of rotatable bonds is 3. The smallest absolute Gasteiger partial charge is 0.257 e. The molecule has 1 rings (SSSR count).